The van der Waals surface area contributed by atoms with Crippen LogP contribution in [0.3, 0.4) is 0 Å². The van der Waals surface area contributed by atoms with Gasteiger partial charge in [0.2, 0.25) is 0 Å². The molecule has 62 valence electrons. The van der Waals surface area contributed by atoms with Gasteiger partial charge in [0.05, 0.1) is 0 Å². The van der Waals surface area contributed by atoms with Crippen molar-refractivity contribution in [3.05, 3.63) is 0 Å². The molecule has 1 nitrogen and oxygen atoms in total. The summed E-state index contributed by atoms with van der Waals surface area (Å²) >= 11 is 0. The van der Waals surface area contributed by atoms with Crippen molar-refractivity contribution in [3.8, 4) is 0 Å². The number of nitrogens with one attached hydrogen (secondary N) is 1. The highest BCUT2D eigenvalue weighted by Gasteiger charge is 2.15. The number of hydrogen-bond acceptors (Lipinski definition) is 1. The smallest absolute Gasteiger partial charge is 0.00990 e. The molecule has 0 rings (SSSR count). The minimum Gasteiger partial charge on any atom is -0.309 e. The van der Waals surface area contributed by atoms with Crippen LogP contribution in [0.1, 0.15) is 41.5 Å². The fourth-order valence-electron chi connectivity index (χ4n) is 0.850. The number of rotatable bonds is 2. The molecule has 0 aromatic rings. The molecule has 0 aliphatic rings. The fourth-order valence-corrected chi connectivity index (χ4v) is 0.850. The average molecular weight is 143 g/mol. The lowest BCUT2D eigenvalue weighted by Crippen LogP contribution is -2.44. The second-order valence-corrected chi connectivity index (χ2v) is 4.43. The lowest BCUT2D eigenvalue weighted by molar-refractivity contribution is 0.320. The van der Waals surface area contributed by atoms with Crippen molar-refractivity contribution in [2.75, 3.05) is 0 Å². The molecule has 1 heteroatoms. The van der Waals surface area contributed by atoms with Crippen molar-refractivity contribution in [2.45, 2.75) is 53.1 Å². The monoisotopic (exact) mass is 143 g/mol. The molecule has 0 fully saturated rings. The SMILES string of the molecule is CC(C)C(C)NC(C)(C)C. The van der Waals surface area contributed by atoms with Gasteiger partial charge in [0, 0.05) is 11.6 Å². The third kappa shape index (κ3) is 4.80. The van der Waals surface area contributed by atoms with Gasteiger partial charge in [0.15, 0.2) is 0 Å². The van der Waals surface area contributed by atoms with Crippen LogP contribution in [0.25, 0.3) is 0 Å². The summed E-state index contributed by atoms with van der Waals surface area (Å²) in [6, 6.07) is 0.611. The molecule has 1 unspecified atom stereocenters. The van der Waals surface area contributed by atoms with Crippen molar-refractivity contribution in [1.82, 2.24) is 5.32 Å². The number of hydrogen-bond donors (Lipinski definition) is 1. The van der Waals surface area contributed by atoms with Gasteiger partial charge in [-0.15, -0.1) is 0 Å². The van der Waals surface area contributed by atoms with E-state index in [1.165, 1.54) is 0 Å². The van der Waals surface area contributed by atoms with E-state index in [0.717, 1.165) is 5.92 Å². The largest absolute Gasteiger partial charge is 0.309 e. The zero-order valence-electron chi connectivity index (χ0n) is 8.15. The van der Waals surface area contributed by atoms with Crippen LogP contribution >= 0.6 is 0 Å². The molecule has 0 saturated heterocycles. The molecule has 0 saturated carbocycles. The van der Waals surface area contributed by atoms with Gasteiger partial charge in [-0.05, 0) is 33.6 Å². The Balaban J connectivity index is 3.68. The van der Waals surface area contributed by atoms with Crippen LogP contribution in [-0.2, 0) is 0 Å². The topological polar surface area (TPSA) is 12.0 Å². The van der Waals surface area contributed by atoms with Crippen LogP contribution in [0.2, 0.25) is 0 Å². The maximum Gasteiger partial charge on any atom is 0.00990 e. The van der Waals surface area contributed by atoms with E-state index in [2.05, 4.69) is 46.9 Å². The first kappa shape index (κ1) is 9.96. The van der Waals surface area contributed by atoms with Crippen molar-refractivity contribution in [3.63, 3.8) is 0 Å². The molecule has 1 atom stereocenters. The molecule has 0 aromatic carbocycles. The van der Waals surface area contributed by atoms with Crippen LogP contribution in [0.5, 0.6) is 0 Å². The second kappa shape index (κ2) is 3.38. The second-order valence-electron chi connectivity index (χ2n) is 4.43. The first-order chi connectivity index (χ1) is 4.33. The lowest BCUT2D eigenvalue weighted by atomic mass is 10.0. The molecule has 1 N–H and O–H groups in total. The molecular formula is C9H21N. The molecule has 0 heterocycles. The van der Waals surface area contributed by atoms with Crippen LogP contribution in [0.4, 0.5) is 0 Å². The predicted molar refractivity (Wildman–Crippen MR) is 47.2 cm³/mol. The summed E-state index contributed by atoms with van der Waals surface area (Å²) in [5.41, 5.74) is 0.254. The molecule has 0 aromatic heterocycles. The molecule has 0 bridgehead atoms. The zero-order chi connectivity index (χ0) is 8.36. The van der Waals surface area contributed by atoms with Crippen LogP contribution in [-0.4, -0.2) is 11.6 Å². The summed E-state index contributed by atoms with van der Waals surface area (Å²) in [7, 11) is 0. The summed E-state index contributed by atoms with van der Waals surface area (Å²) < 4.78 is 0. The lowest BCUT2D eigenvalue weighted by Gasteiger charge is -2.28. The molecular weight excluding hydrogens is 122 g/mol. The Labute approximate surface area is 65.2 Å². The maximum atomic E-state index is 3.52. The van der Waals surface area contributed by atoms with Gasteiger partial charge in [-0.3, -0.25) is 0 Å². The Morgan fingerprint density at radius 1 is 1.00 bits per heavy atom. The molecule has 10 heavy (non-hydrogen) atoms. The summed E-state index contributed by atoms with van der Waals surface area (Å²) in [5, 5.41) is 3.52. The molecule has 0 amide bonds. The highest BCUT2D eigenvalue weighted by atomic mass is 15.0. The van der Waals surface area contributed by atoms with E-state index >= 15 is 0 Å². The molecule has 0 aliphatic heterocycles. The average Bonchev–Trinajstić information content (AvgIpc) is 1.60. The normalized spacial score (nSPS) is 15.9. The first-order valence-electron chi connectivity index (χ1n) is 4.10. The maximum absolute atomic E-state index is 3.52. The van der Waals surface area contributed by atoms with E-state index in [1.54, 1.807) is 0 Å². The van der Waals surface area contributed by atoms with E-state index in [-0.39, 0.29) is 5.54 Å². The Hall–Kier alpha value is -0.0400. The predicted octanol–water partition coefficient (Wildman–Crippen LogP) is 2.42. The first-order valence-corrected chi connectivity index (χ1v) is 4.10. The Morgan fingerprint density at radius 2 is 1.40 bits per heavy atom. The third-order valence-corrected chi connectivity index (χ3v) is 1.66. The highest BCUT2D eigenvalue weighted by molar-refractivity contribution is 4.76. The van der Waals surface area contributed by atoms with Crippen LogP contribution < -0.4 is 5.32 Å². The van der Waals surface area contributed by atoms with Gasteiger partial charge in [-0.1, -0.05) is 13.8 Å². The van der Waals surface area contributed by atoms with Gasteiger partial charge in [0.25, 0.3) is 0 Å². The fraction of sp³-hybridized carbons (Fsp3) is 1.00. The van der Waals surface area contributed by atoms with Crippen molar-refractivity contribution in [1.29, 1.82) is 0 Å². The van der Waals surface area contributed by atoms with E-state index in [1.807, 2.05) is 0 Å². The van der Waals surface area contributed by atoms with E-state index < -0.39 is 0 Å². The molecule has 0 radical (unpaired) electrons. The Bertz CT molecular complexity index is 89.4. The zero-order valence-corrected chi connectivity index (χ0v) is 8.15. The van der Waals surface area contributed by atoms with Gasteiger partial charge < -0.3 is 5.32 Å². The van der Waals surface area contributed by atoms with E-state index in [9.17, 15) is 0 Å². The standard InChI is InChI=1S/C9H21N/c1-7(2)8(3)10-9(4,5)6/h7-8,10H,1-6H3. The molecule has 0 aliphatic carbocycles. The van der Waals surface area contributed by atoms with Gasteiger partial charge in [-0.2, -0.15) is 0 Å². The Kier molecular flexibility index (Phi) is 3.37. The summed E-state index contributed by atoms with van der Waals surface area (Å²) in [6.07, 6.45) is 0. The van der Waals surface area contributed by atoms with E-state index in [0.29, 0.717) is 6.04 Å². The quantitative estimate of drug-likeness (QED) is 0.626. The van der Waals surface area contributed by atoms with Gasteiger partial charge in [0.1, 0.15) is 0 Å². The third-order valence-electron chi connectivity index (χ3n) is 1.66. The minimum absolute atomic E-state index is 0.254. The van der Waals surface area contributed by atoms with Crippen molar-refractivity contribution >= 4 is 0 Å². The van der Waals surface area contributed by atoms with Crippen molar-refractivity contribution < 1.29 is 0 Å². The minimum atomic E-state index is 0.254. The Morgan fingerprint density at radius 3 is 1.50 bits per heavy atom. The molecule has 0 spiro atoms. The summed E-state index contributed by atoms with van der Waals surface area (Å²) in [4.78, 5) is 0. The van der Waals surface area contributed by atoms with E-state index in [4.69, 9.17) is 0 Å². The summed E-state index contributed by atoms with van der Waals surface area (Å²) in [6.45, 7) is 13.3. The van der Waals surface area contributed by atoms with Gasteiger partial charge >= 0.3 is 0 Å². The van der Waals surface area contributed by atoms with Gasteiger partial charge in [-0.25, -0.2) is 0 Å². The van der Waals surface area contributed by atoms with Crippen molar-refractivity contribution in [2.24, 2.45) is 5.92 Å². The van der Waals surface area contributed by atoms with Crippen LogP contribution in [0, 0.1) is 5.92 Å². The summed E-state index contributed by atoms with van der Waals surface area (Å²) in [5.74, 6) is 0.722. The highest BCUT2D eigenvalue weighted by Crippen LogP contribution is 2.06. The van der Waals surface area contributed by atoms with Crippen LogP contribution in [0.15, 0.2) is 0 Å².